The highest BCUT2D eigenvalue weighted by atomic mass is 19.1. The molecule has 0 atom stereocenters. The van der Waals surface area contributed by atoms with E-state index in [9.17, 15) is 14.0 Å². The molecule has 0 bridgehead atoms. The van der Waals surface area contributed by atoms with Crippen LogP contribution in [0, 0.1) is 11.2 Å². The predicted molar refractivity (Wildman–Crippen MR) is 91.4 cm³/mol. The number of amides is 1. The molecule has 0 N–H and O–H groups in total. The zero-order chi connectivity index (χ0) is 18.2. The van der Waals surface area contributed by atoms with Crippen molar-refractivity contribution in [3.8, 4) is 0 Å². The van der Waals surface area contributed by atoms with E-state index in [0.717, 1.165) is 12.8 Å². The number of halogens is 1. The summed E-state index contributed by atoms with van der Waals surface area (Å²) < 4.78 is 14.6. The van der Waals surface area contributed by atoms with Crippen molar-refractivity contribution in [3.05, 3.63) is 35.1 Å². The number of nitrogens with zero attached hydrogens (tertiary/aromatic N) is 2. The van der Waals surface area contributed by atoms with E-state index in [1.807, 2.05) is 0 Å². The van der Waals surface area contributed by atoms with Gasteiger partial charge in [0.15, 0.2) is 0 Å². The van der Waals surface area contributed by atoms with Crippen molar-refractivity contribution in [2.75, 3.05) is 26.2 Å². The average molecular weight is 348 g/mol. The molecule has 1 saturated carbocycles. The van der Waals surface area contributed by atoms with Gasteiger partial charge in [0.25, 0.3) is 5.91 Å². The maximum absolute atomic E-state index is 14.6. The average Bonchev–Trinajstić information content (AvgIpc) is 3.39. The predicted octanol–water partition coefficient (Wildman–Crippen LogP) is 2.97. The molecule has 1 saturated heterocycles. The van der Waals surface area contributed by atoms with Gasteiger partial charge < -0.3 is 9.74 Å². The topological polar surface area (TPSA) is 49.9 Å². The molecule has 0 aromatic heterocycles. The Morgan fingerprint density at radius 2 is 1.76 bits per heavy atom. The Morgan fingerprint density at radius 3 is 2.32 bits per heavy atom. The summed E-state index contributed by atoms with van der Waals surface area (Å²) in [6.07, 6.45) is 1.98. The third kappa shape index (κ3) is 4.00. The Bertz CT molecular complexity index is 672. The fourth-order valence-electron chi connectivity index (χ4n) is 2.83. The van der Waals surface area contributed by atoms with Crippen molar-refractivity contribution in [1.82, 2.24) is 9.96 Å². The number of rotatable bonds is 3. The van der Waals surface area contributed by atoms with Crippen LogP contribution in [0.3, 0.4) is 0 Å². The summed E-state index contributed by atoms with van der Waals surface area (Å²) in [5.74, 6) is -0.699. The second kappa shape index (κ2) is 6.75. The molecule has 1 aliphatic heterocycles. The van der Waals surface area contributed by atoms with Gasteiger partial charge in [-0.15, -0.1) is 5.06 Å². The first-order valence-electron chi connectivity index (χ1n) is 8.82. The van der Waals surface area contributed by atoms with Crippen molar-refractivity contribution in [2.24, 2.45) is 5.41 Å². The van der Waals surface area contributed by atoms with Crippen LogP contribution < -0.4 is 0 Å². The molecule has 2 fully saturated rings. The fourth-order valence-corrected chi connectivity index (χ4v) is 2.83. The summed E-state index contributed by atoms with van der Waals surface area (Å²) in [5.41, 5.74) is 0.229. The number of benzene rings is 1. The third-order valence-electron chi connectivity index (χ3n) is 4.63. The Hall–Kier alpha value is -1.95. The van der Waals surface area contributed by atoms with Crippen LogP contribution in [0.5, 0.6) is 0 Å². The Kier molecular flexibility index (Phi) is 4.82. The summed E-state index contributed by atoms with van der Waals surface area (Å²) in [7, 11) is 0. The van der Waals surface area contributed by atoms with Gasteiger partial charge in [0.1, 0.15) is 5.82 Å². The summed E-state index contributed by atoms with van der Waals surface area (Å²) in [5, 5.41) is 1.58. The van der Waals surface area contributed by atoms with E-state index in [-0.39, 0.29) is 29.2 Å². The van der Waals surface area contributed by atoms with E-state index >= 15 is 0 Å². The zero-order valence-electron chi connectivity index (χ0n) is 15.0. The van der Waals surface area contributed by atoms with Crippen molar-refractivity contribution < 1.29 is 18.8 Å². The lowest BCUT2D eigenvalue weighted by molar-refractivity contribution is -0.205. The molecular formula is C19H25FN2O3. The van der Waals surface area contributed by atoms with E-state index in [1.165, 1.54) is 0 Å². The molecule has 6 heteroatoms. The Morgan fingerprint density at radius 1 is 1.12 bits per heavy atom. The van der Waals surface area contributed by atoms with E-state index in [4.69, 9.17) is 4.84 Å². The van der Waals surface area contributed by atoms with Gasteiger partial charge in [-0.2, -0.15) is 0 Å². The molecule has 1 aliphatic carbocycles. The first-order valence-corrected chi connectivity index (χ1v) is 8.82. The minimum absolute atomic E-state index is 0.143. The van der Waals surface area contributed by atoms with Crippen LogP contribution >= 0.6 is 0 Å². The first kappa shape index (κ1) is 17.9. The molecular weight excluding hydrogens is 323 g/mol. The summed E-state index contributed by atoms with van der Waals surface area (Å²) in [6.45, 7) is 7.06. The van der Waals surface area contributed by atoms with Gasteiger partial charge in [-0.3, -0.25) is 4.79 Å². The molecule has 1 heterocycles. The number of piperazine rings is 1. The number of carbonyl (C=O) groups excluding carboxylic acids is 2. The second-order valence-electron chi connectivity index (χ2n) is 7.83. The highest BCUT2D eigenvalue weighted by Crippen LogP contribution is 2.41. The Labute approximate surface area is 147 Å². The number of carbonyl (C=O) groups is 2. The van der Waals surface area contributed by atoms with Gasteiger partial charge in [0.2, 0.25) is 0 Å². The smallest absolute Gasteiger partial charge is 0.330 e. The lowest BCUT2D eigenvalue weighted by atomic mass is 9.98. The van der Waals surface area contributed by atoms with Gasteiger partial charge in [-0.1, -0.05) is 12.1 Å². The summed E-state index contributed by atoms with van der Waals surface area (Å²) in [6, 6.07) is 5.08. The molecule has 1 amide bonds. The van der Waals surface area contributed by atoms with Crippen LogP contribution in [0.15, 0.2) is 18.2 Å². The van der Waals surface area contributed by atoms with E-state index < -0.39 is 5.41 Å². The molecule has 25 heavy (non-hydrogen) atoms. The van der Waals surface area contributed by atoms with Gasteiger partial charge in [0.05, 0.1) is 24.1 Å². The van der Waals surface area contributed by atoms with Crippen LogP contribution in [0.1, 0.15) is 55.5 Å². The molecule has 0 unspecified atom stereocenters. The van der Waals surface area contributed by atoms with E-state index in [0.29, 0.717) is 31.7 Å². The number of hydroxylamine groups is 2. The van der Waals surface area contributed by atoms with Crippen LogP contribution in [0.25, 0.3) is 0 Å². The maximum Gasteiger partial charge on any atom is 0.330 e. The van der Waals surface area contributed by atoms with Crippen LogP contribution in [-0.2, 0) is 9.63 Å². The normalized spacial score (nSPS) is 19.0. The molecule has 0 radical (unpaired) electrons. The van der Waals surface area contributed by atoms with Gasteiger partial charge in [-0.25, -0.2) is 9.18 Å². The van der Waals surface area contributed by atoms with Crippen LogP contribution in [0.4, 0.5) is 4.39 Å². The number of hydrogen-bond donors (Lipinski definition) is 0. The number of hydrogen-bond acceptors (Lipinski definition) is 4. The largest absolute Gasteiger partial charge is 0.367 e. The van der Waals surface area contributed by atoms with Gasteiger partial charge in [-0.05, 0) is 51.2 Å². The fraction of sp³-hybridized carbons (Fsp3) is 0.579. The highest BCUT2D eigenvalue weighted by molar-refractivity contribution is 5.94. The molecule has 1 aromatic carbocycles. The molecule has 3 rings (SSSR count). The zero-order valence-corrected chi connectivity index (χ0v) is 15.0. The summed E-state index contributed by atoms with van der Waals surface area (Å²) >= 11 is 0. The second-order valence-corrected chi connectivity index (χ2v) is 7.83. The van der Waals surface area contributed by atoms with Crippen molar-refractivity contribution >= 4 is 11.9 Å². The summed E-state index contributed by atoms with van der Waals surface area (Å²) in [4.78, 5) is 31.6. The van der Waals surface area contributed by atoms with E-state index in [2.05, 4.69) is 0 Å². The lowest BCUT2D eigenvalue weighted by Crippen LogP contribution is -2.50. The lowest BCUT2D eigenvalue weighted by Gasteiger charge is -2.34. The first-order chi connectivity index (χ1) is 11.8. The van der Waals surface area contributed by atoms with Crippen molar-refractivity contribution in [1.29, 1.82) is 0 Å². The Balaban J connectivity index is 1.61. The molecule has 2 aliphatic rings. The minimum Gasteiger partial charge on any atom is -0.367 e. The maximum atomic E-state index is 14.6. The standard InChI is InChI=1S/C19H25FN2O3/c1-19(2,3)18(24)25-22-11-9-21(10-12-22)17(23)15-6-4-5-14(16(15)20)13-7-8-13/h4-6,13H,7-12H2,1-3H3. The minimum atomic E-state index is -0.570. The van der Waals surface area contributed by atoms with Crippen LogP contribution in [-0.4, -0.2) is 48.0 Å². The van der Waals surface area contributed by atoms with Crippen molar-refractivity contribution in [3.63, 3.8) is 0 Å². The van der Waals surface area contributed by atoms with Crippen LogP contribution in [0.2, 0.25) is 0 Å². The SMILES string of the molecule is CC(C)(C)C(=O)ON1CCN(C(=O)c2cccc(C3CC3)c2F)CC1. The molecule has 1 aromatic rings. The quantitative estimate of drug-likeness (QED) is 0.843. The molecule has 0 spiro atoms. The third-order valence-corrected chi connectivity index (χ3v) is 4.63. The monoisotopic (exact) mass is 348 g/mol. The highest BCUT2D eigenvalue weighted by Gasteiger charge is 2.32. The van der Waals surface area contributed by atoms with Crippen molar-refractivity contribution in [2.45, 2.75) is 39.5 Å². The van der Waals surface area contributed by atoms with Gasteiger partial charge >= 0.3 is 5.97 Å². The molecule has 5 nitrogen and oxygen atoms in total. The molecule has 136 valence electrons. The van der Waals surface area contributed by atoms with Gasteiger partial charge in [0, 0.05) is 13.1 Å². The van der Waals surface area contributed by atoms with E-state index in [1.54, 1.807) is 48.9 Å².